The third kappa shape index (κ3) is 4.30. The van der Waals surface area contributed by atoms with E-state index in [1.165, 1.54) is 0 Å². The van der Waals surface area contributed by atoms with E-state index in [2.05, 4.69) is 15.5 Å². The van der Waals surface area contributed by atoms with Crippen LogP contribution in [0.3, 0.4) is 0 Å². The predicted octanol–water partition coefficient (Wildman–Crippen LogP) is 2.70. The lowest BCUT2D eigenvalue weighted by Crippen LogP contribution is -2.31. The smallest absolute Gasteiger partial charge is 0.258 e. The Hall–Kier alpha value is -2.99. The van der Waals surface area contributed by atoms with Crippen LogP contribution in [-0.2, 0) is 0 Å². The highest BCUT2D eigenvalue weighted by molar-refractivity contribution is 5.94. The van der Waals surface area contributed by atoms with Crippen LogP contribution in [0.5, 0.6) is 0 Å². The van der Waals surface area contributed by atoms with E-state index in [0.29, 0.717) is 23.8 Å². The molecule has 0 aliphatic carbocycles. The molecule has 0 unspecified atom stereocenters. The number of carbonyl (C=O) groups is 1. The summed E-state index contributed by atoms with van der Waals surface area (Å²) in [5.41, 5.74) is 2.28. The molecule has 0 fully saturated rings. The highest BCUT2D eigenvalue weighted by Gasteiger charge is 2.11. The Bertz CT molecular complexity index is 826. The molecule has 1 aromatic heterocycles. The first-order chi connectivity index (χ1) is 12.1. The summed E-state index contributed by atoms with van der Waals surface area (Å²) in [6.45, 7) is 1.41. The van der Waals surface area contributed by atoms with Gasteiger partial charge in [-0.05, 0) is 38.4 Å². The standard InChI is InChI=1S/C19H20N4O2/c1-23(2)13-12-20-18(24)15-8-10-16(11-9-15)19-21-17(22-25-19)14-6-4-3-5-7-14/h3-11H,12-13H2,1-2H3,(H,20,24). The maximum Gasteiger partial charge on any atom is 0.258 e. The molecule has 6 heteroatoms. The first-order valence-corrected chi connectivity index (χ1v) is 8.06. The van der Waals surface area contributed by atoms with Crippen molar-refractivity contribution < 1.29 is 9.32 Å². The van der Waals surface area contributed by atoms with Gasteiger partial charge in [0, 0.05) is 29.8 Å². The Morgan fingerprint density at radius 3 is 2.44 bits per heavy atom. The lowest BCUT2D eigenvalue weighted by Gasteiger charge is -2.10. The van der Waals surface area contributed by atoms with Gasteiger partial charge in [-0.3, -0.25) is 4.79 Å². The lowest BCUT2D eigenvalue weighted by atomic mass is 10.1. The fourth-order valence-corrected chi connectivity index (χ4v) is 2.30. The van der Waals surface area contributed by atoms with Gasteiger partial charge in [-0.25, -0.2) is 0 Å². The Labute approximate surface area is 146 Å². The van der Waals surface area contributed by atoms with Crippen molar-refractivity contribution in [3.8, 4) is 22.8 Å². The van der Waals surface area contributed by atoms with E-state index in [1.54, 1.807) is 12.1 Å². The lowest BCUT2D eigenvalue weighted by molar-refractivity contribution is 0.0951. The molecular weight excluding hydrogens is 316 g/mol. The average Bonchev–Trinajstić information content (AvgIpc) is 3.12. The second-order valence-electron chi connectivity index (χ2n) is 5.93. The summed E-state index contributed by atoms with van der Waals surface area (Å²) >= 11 is 0. The number of carbonyl (C=O) groups excluding carboxylic acids is 1. The molecule has 2 aromatic carbocycles. The largest absolute Gasteiger partial charge is 0.351 e. The maximum absolute atomic E-state index is 12.1. The minimum Gasteiger partial charge on any atom is -0.351 e. The SMILES string of the molecule is CN(C)CCNC(=O)c1ccc(-c2nc(-c3ccccc3)no2)cc1. The Morgan fingerprint density at radius 1 is 1.04 bits per heavy atom. The Kier molecular flexibility index (Phi) is 5.20. The normalized spacial score (nSPS) is 10.8. The maximum atomic E-state index is 12.1. The zero-order valence-corrected chi connectivity index (χ0v) is 14.3. The number of hydrogen-bond acceptors (Lipinski definition) is 5. The quantitative estimate of drug-likeness (QED) is 0.749. The van der Waals surface area contributed by atoms with Crippen molar-refractivity contribution in [2.24, 2.45) is 0 Å². The van der Waals surface area contributed by atoms with Crippen LogP contribution in [0.15, 0.2) is 59.1 Å². The third-order valence-electron chi connectivity index (χ3n) is 3.70. The number of rotatable bonds is 6. The zero-order valence-electron chi connectivity index (χ0n) is 14.3. The summed E-state index contributed by atoms with van der Waals surface area (Å²) in [6.07, 6.45) is 0. The highest BCUT2D eigenvalue weighted by Crippen LogP contribution is 2.22. The number of aromatic nitrogens is 2. The fourth-order valence-electron chi connectivity index (χ4n) is 2.30. The van der Waals surface area contributed by atoms with Gasteiger partial charge in [0.25, 0.3) is 11.8 Å². The average molecular weight is 336 g/mol. The molecule has 0 aliphatic heterocycles. The van der Waals surface area contributed by atoms with E-state index in [9.17, 15) is 4.79 Å². The van der Waals surface area contributed by atoms with Gasteiger partial charge < -0.3 is 14.7 Å². The van der Waals surface area contributed by atoms with E-state index in [0.717, 1.165) is 17.7 Å². The molecule has 6 nitrogen and oxygen atoms in total. The minimum absolute atomic E-state index is 0.0936. The Morgan fingerprint density at radius 2 is 1.76 bits per heavy atom. The van der Waals surface area contributed by atoms with Crippen molar-refractivity contribution in [2.45, 2.75) is 0 Å². The molecule has 1 heterocycles. The van der Waals surface area contributed by atoms with Gasteiger partial charge in [0.1, 0.15) is 0 Å². The van der Waals surface area contributed by atoms with Crippen LogP contribution in [-0.4, -0.2) is 48.1 Å². The highest BCUT2D eigenvalue weighted by atomic mass is 16.5. The summed E-state index contributed by atoms with van der Waals surface area (Å²) in [5, 5.41) is 6.89. The van der Waals surface area contributed by atoms with Gasteiger partial charge in [-0.1, -0.05) is 35.5 Å². The minimum atomic E-state index is -0.0936. The summed E-state index contributed by atoms with van der Waals surface area (Å²) in [5.74, 6) is 0.878. The number of likely N-dealkylation sites (N-methyl/N-ethyl adjacent to an activating group) is 1. The second kappa shape index (κ2) is 7.72. The molecule has 25 heavy (non-hydrogen) atoms. The van der Waals surface area contributed by atoms with Gasteiger partial charge in [0.05, 0.1) is 0 Å². The van der Waals surface area contributed by atoms with Crippen LogP contribution in [0.25, 0.3) is 22.8 Å². The van der Waals surface area contributed by atoms with Crippen LogP contribution in [0, 0.1) is 0 Å². The monoisotopic (exact) mass is 336 g/mol. The summed E-state index contributed by atoms with van der Waals surface area (Å²) < 4.78 is 5.33. The van der Waals surface area contributed by atoms with Gasteiger partial charge >= 0.3 is 0 Å². The molecule has 128 valence electrons. The summed E-state index contributed by atoms with van der Waals surface area (Å²) in [7, 11) is 3.93. The molecule has 1 amide bonds. The van der Waals surface area contributed by atoms with Gasteiger partial charge in [-0.2, -0.15) is 4.98 Å². The van der Waals surface area contributed by atoms with E-state index in [1.807, 2.05) is 61.5 Å². The van der Waals surface area contributed by atoms with Gasteiger partial charge in [0.15, 0.2) is 0 Å². The van der Waals surface area contributed by atoms with Crippen molar-refractivity contribution >= 4 is 5.91 Å². The van der Waals surface area contributed by atoms with E-state index in [-0.39, 0.29) is 5.91 Å². The van der Waals surface area contributed by atoms with Crippen LogP contribution in [0.1, 0.15) is 10.4 Å². The third-order valence-corrected chi connectivity index (χ3v) is 3.70. The summed E-state index contributed by atoms with van der Waals surface area (Å²) in [4.78, 5) is 18.5. The molecular formula is C19H20N4O2. The molecule has 0 aliphatic rings. The van der Waals surface area contributed by atoms with Crippen molar-refractivity contribution in [3.05, 3.63) is 60.2 Å². The van der Waals surface area contributed by atoms with Gasteiger partial charge in [0.2, 0.25) is 5.82 Å². The van der Waals surface area contributed by atoms with Crippen molar-refractivity contribution in [2.75, 3.05) is 27.2 Å². The van der Waals surface area contributed by atoms with E-state index < -0.39 is 0 Å². The predicted molar refractivity (Wildman–Crippen MR) is 96.1 cm³/mol. The first kappa shape index (κ1) is 16.9. The number of nitrogens with one attached hydrogen (secondary N) is 1. The molecule has 0 saturated heterocycles. The topological polar surface area (TPSA) is 71.3 Å². The number of amides is 1. The number of benzene rings is 2. The van der Waals surface area contributed by atoms with Crippen LogP contribution < -0.4 is 5.32 Å². The first-order valence-electron chi connectivity index (χ1n) is 8.06. The van der Waals surface area contributed by atoms with Crippen LogP contribution in [0.4, 0.5) is 0 Å². The molecule has 0 radical (unpaired) electrons. The molecule has 3 rings (SSSR count). The van der Waals surface area contributed by atoms with Gasteiger partial charge in [-0.15, -0.1) is 0 Å². The van der Waals surface area contributed by atoms with Crippen LogP contribution >= 0.6 is 0 Å². The number of nitrogens with zero attached hydrogens (tertiary/aromatic N) is 3. The van der Waals surface area contributed by atoms with Crippen molar-refractivity contribution in [1.82, 2.24) is 20.4 Å². The van der Waals surface area contributed by atoms with Crippen molar-refractivity contribution in [1.29, 1.82) is 0 Å². The molecule has 0 bridgehead atoms. The molecule has 3 aromatic rings. The van der Waals surface area contributed by atoms with E-state index >= 15 is 0 Å². The number of hydrogen-bond donors (Lipinski definition) is 1. The molecule has 0 saturated carbocycles. The zero-order chi connectivity index (χ0) is 17.6. The molecule has 1 N–H and O–H groups in total. The van der Waals surface area contributed by atoms with Crippen LogP contribution in [0.2, 0.25) is 0 Å². The Balaban J connectivity index is 1.68. The van der Waals surface area contributed by atoms with E-state index in [4.69, 9.17) is 4.52 Å². The second-order valence-corrected chi connectivity index (χ2v) is 5.93. The van der Waals surface area contributed by atoms with Crippen molar-refractivity contribution in [3.63, 3.8) is 0 Å². The summed E-state index contributed by atoms with van der Waals surface area (Å²) in [6, 6.07) is 16.8. The molecule has 0 atom stereocenters. The fraction of sp³-hybridized carbons (Fsp3) is 0.211. The molecule has 0 spiro atoms.